The van der Waals surface area contributed by atoms with Crippen molar-refractivity contribution in [3.63, 3.8) is 0 Å². The van der Waals surface area contributed by atoms with E-state index in [9.17, 15) is 4.79 Å². The minimum Gasteiger partial charge on any atom is -0.376 e. The van der Waals surface area contributed by atoms with Crippen molar-refractivity contribution < 1.29 is 4.79 Å². The summed E-state index contributed by atoms with van der Waals surface area (Å²) < 4.78 is 0. The summed E-state index contributed by atoms with van der Waals surface area (Å²) in [5.74, 6) is 0.0529. The van der Waals surface area contributed by atoms with Crippen LogP contribution in [-0.2, 0) is 11.2 Å². The van der Waals surface area contributed by atoms with Crippen molar-refractivity contribution in [2.24, 2.45) is 0 Å². The number of nitrogens with one attached hydrogen (secondary N) is 2. The highest BCUT2D eigenvalue weighted by molar-refractivity contribution is 5.81. The molecule has 0 saturated heterocycles. The number of hydrogen-bond acceptors (Lipinski definition) is 2. The molecule has 1 aromatic rings. The fourth-order valence-electron chi connectivity index (χ4n) is 1.77. The van der Waals surface area contributed by atoms with Crippen LogP contribution in [0.15, 0.2) is 18.2 Å². The molecule has 1 rings (SSSR count). The second-order valence-electron chi connectivity index (χ2n) is 4.17. The normalized spacial score (nSPS) is 10.1. The second kappa shape index (κ2) is 6.94. The predicted molar refractivity (Wildman–Crippen MR) is 72.3 cm³/mol. The van der Waals surface area contributed by atoms with Crippen molar-refractivity contribution in [1.29, 1.82) is 0 Å². The zero-order valence-electron chi connectivity index (χ0n) is 11.0. The van der Waals surface area contributed by atoms with Gasteiger partial charge < -0.3 is 10.6 Å². The lowest BCUT2D eigenvalue weighted by Gasteiger charge is -2.13. The maximum atomic E-state index is 11.5. The summed E-state index contributed by atoms with van der Waals surface area (Å²) in [7, 11) is 0. The molecule has 3 nitrogen and oxygen atoms in total. The van der Waals surface area contributed by atoms with E-state index in [0.29, 0.717) is 6.54 Å². The fourth-order valence-corrected chi connectivity index (χ4v) is 1.77. The first-order valence-corrected chi connectivity index (χ1v) is 6.28. The van der Waals surface area contributed by atoms with Gasteiger partial charge in [-0.15, -0.1) is 0 Å². The summed E-state index contributed by atoms with van der Waals surface area (Å²) in [6.45, 7) is 7.32. The number of anilines is 1. The van der Waals surface area contributed by atoms with Crippen LogP contribution in [0.2, 0.25) is 0 Å². The second-order valence-corrected chi connectivity index (χ2v) is 4.17. The molecule has 0 saturated carbocycles. The Hall–Kier alpha value is -1.51. The van der Waals surface area contributed by atoms with Crippen LogP contribution in [0.25, 0.3) is 0 Å². The zero-order valence-corrected chi connectivity index (χ0v) is 11.0. The summed E-state index contributed by atoms with van der Waals surface area (Å²) in [5, 5.41) is 6.09. The number of carbonyl (C=O) groups is 1. The van der Waals surface area contributed by atoms with Crippen LogP contribution in [0.5, 0.6) is 0 Å². The van der Waals surface area contributed by atoms with Gasteiger partial charge >= 0.3 is 0 Å². The molecule has 0 aliphatic rings. The Labute approximate surface area is 104 Å². The Bertz CT molecular complexity index is 374. The molecule has 0 bridgehead atoms. The smallest absolute Gasteiger partial charge is 0.239 e. The van der Waals surface area contributed by atoms with Crippen LogP contribution in [-0.4, -0.2) is 19.0 Å². The molecule has 3 heteroatoms. The Balaban J connectivity index is 2.59. The first-order valence-electron chi connectivity index (χ1n) is 6.28. The van der Waals surface area contributed by atoms with Gasteiger partial charge in [0.2, 0.25) is 5.91 Å². The number of hydrogen-bond donors (Lipinski definition) is 2. The third-order valence-electron chi connectivity index (χ3n) is 2.74. The minimum absolute atomic E-state index is 0.0529. The third-order valence-corrected chi connectivity index (χ3v) is 2.74. The molecule has 0 unspecified atom stereocenters. The van der Waals surface area contributed by atoms with Gasteiger partial charge in [-0.05, 0) is 30.9 Å². The number of para-hydroxylation sites is 1. The molecule has 0 aromatic heterocycles. The van der Waals surface area contributed by atoms with E-state index in [4.69, 9.17) is 0 Å². The van der Waals surface area contributed by atoms with Crippen molar-refractivity contribution >= 4 is 11.6 Å². The van der Waals surface area contributed by atoms with Crippen LogP contribution in [0, 0.1) is 6.92 Å². The SMILES string of the molecule is CCCNC(=O)CNc1c(C)cccc1CC. The molecule has 17 heavy (non-hydrogen) atoms. The van der Waals surface area contributed by atoms with Crippen molar-refractivity contribution in [1.82, 2.24) is 5.32 Å². The van der Waals surface area contributed by atoms with Crippen LogP contribution < -0.4 is 10.6 Å². The van der Waals surface area contributed by atoms with E-state index in [0.717, 1.165) is 25.1 Å². The molecule has 0 aliphatic carbocycles. The number of aryl methyl sites for hydroxylation is 2. The van der Waals surface area contributed by atoms with Gasteiger partial charge in [-0.25, -0.2) is 0 Å². The summed E-state index contributed by atoms with van der Waals surface area (Å²) >= 11 is 0. The molecular formula is C14H22N2O. The Morgan fingerprint density at radius 2 is 2.06 bits per heavy atom. The molecule has 0 atom stereocenters. The van der Waals surface area contributed by atoms with Gasteiger partial charge in [0.25, 0.3) is 0 Å². The van der Waals surface area contributed by atoms with Crippen LogP contribution in [0.3, 0.4) is 0 Å². The van der Waals surface area contributed by atoms with Gasteiger partial charge in [-0.1, -0.05) is 32.0 Å². The maximum Gasteiger partial charge on any atom is 0.239 e. The zero-order chi connectivity index (χ0) is 12.7. The van der Waals surface area contributed by atoms with Crippen LogP contribution >= 0.6 is 0 Å². The first-order chi connectivity index (χ1) is 8.19. The van der Waals surface area contributed by atoms with E-state index in [2.05, 4.69) is 42.7 Å². The van der Waals surface area contributed by atoms with E-state index in [1.807, 2.05) is 6.92 Å². The van der Waals surface area contributed by atoms with E-state index in [1.54, 1.807) is 0 Å². The summed E-state index contributed by atoms with van der Waals surface area (Å²) in [5.41, 5.74) is 3.54. The van der Waals surface area contributed by atoms with Crippen molar-refractivity contribution in [2.45, 2.75) is 33.6 Å². The first kappa shape index (κ1) is 13.6. The molecule has 94 valence electrons. The van der Waals surface area contributed by atoms with Gasteiger partial charge in [0.05, 0.1) is 6.54 Å². The average Bonchev–Trinajstić information content (AvgIpc) is 2.34. The van der Waals surface area contributed by atoms with Crippen LogP contribution in [0.1, 0.15) is 31.4 Å². The number of carbonyl (C=O) groups excluding carboxylic acids is 1. The highest BCUT2D eigenvalue weighted by Crippen LogP contribution is 2.20. The van der Waals surface area contributed by atoms with Gasteiger partial charge in [0.1, 0.15) is 0 Å². The summed E-state index contributed by atoms with van der Waals surface area (Å²) in [6, 6.07) is 6.21. The molecule has 0 radical (unpaired) electrons. The Morgan fingerprint density at radius 3 is 2.71 bits per heavy atom. The predicted octanol–water partition coefficient (Wildman–Crippen LogP) is 2.50. The third kappa shape index (κ3) is 4.10. The van der Waals surface area contributed by atoms with Crippen molar-refractivity contribution in [3.8, 4) is 0 Å². The maximum absolute atomic E-state index is 11.5. The van der Waals surface area contributed by atoms with Gasteiger partial charge in [0.15, 0.2) is 0 Å². The number of benzene rings is 1. The fraction of sp³-hybridized carbons (Fsp3) is 0.500. The summed E-state index contributed by atoms with van der Waals surface area (Å²) in [6.07, 6.45) is 1.94. The highest BCUT2D eigenvalue weighted by atomic mass is 16.1. The van der Waals surface area contributed by atoms with Crippen molar-refractivity contribution in [3.05, 3.63) is 29.3 Å². The van der Waals surface area contributed by atoms with Gasteiger partial charge in [-0.3, -0.25) is 4.79 Å². The lowest BCUT2D eigenvalue weighted by Crippen LogP contribution is -2.30. The molecule has 2 N–H and O–H groups in total. The molecule has 0 aliphatic heterocycles. The lowest BCUT2D eigenvalue weighted by atomic mass is 10.1. The van der Waals surface area contributed by atoms with Gasteiger partial charge in [-0.2, -0.15) is 0 Å². The summed E-state index contributed by atoms with van der Waals surface area (Å²) in [4.78, 5) is 11.5. The van der Waals surface area contributed by atoms with E-state index in [1.165, 1.54) is 11.1 Å². The molecular weight excluding hydrogens is 212 g/mol. The van der Waals surface area contributed by atoms with Gasteiger partial charge in [0, 0.05) is 12.2 Å². The van der Waals surface area contributed by atoms with E-state index < -0.39 is 0 Å². The number of rotatable bonds is 6. The van der Waals surface area contributed by atoms with Crippen molar-refractivity contribution in [2.75, 3.05) is 18.4 Å². The molecule has 1 amide bonds. The average molecular weight is 234 g/mol. The monoisotopic (exact) mass is 234 g/mol. The minimum atomic E-state index is 0.0529. The van der Waals surface area contributed by atoms with E-state index >= 15 is 0 Å². The lowest BCUT2D eigenvalue weighted by molar-refractivity contribution is -0.119. The van der Waals surface area contributed by atoms with Crippen LogP contribution in [0.4, 0.5) is 5.69 Å². The number of amides is 1. The quantitative estimate of drug-likeness (QED) is 0.794. The highest BCUT2D eigenvalue weighted by Gasteiger charge is 2.05. The standard InChI is InChI=1S/C14H22N2O/c1-4-9-15-13(17)10-16-14-11(3)7-6-8-12(14)5-2/h6-8,16H,4-5,9-10H2,1-3H3,(H,15,17). The largest absolute Gasteiger partial charge is 0.376 e. The molecule has 1 aromatic carbocycles. The molecule has 0 heterocycles. The Morgan fingerprint density at radius 1 is 1.29 bits per heavy atom. The molecule has 0 fully saturated rings. The van der Waals surface area contributed by atoms with E-state index in [-0.39, 0.29) is 5.91 Å². The molecule has 0 spiro atoms. The Kier molecular flexibility index (Phi) is 5.53. The topological polar surface area (TPSA) is 41.1 Å².